The van der Waals surface area contributed by atoms with E-state index in [1.54, 1.807) is 0 Å². The SMILES string of the molecule is CCCN(CC(C)(NCC)C(N)=O)C(C)C. The largest absolute Gasteiger partial charge is 0.368 e. The quantitative estimate of drug-likeness (QED) is 0.652. The molecule has 0 rings (SSSR count). The molecular formula is C12H27N3O. The predicted octanol–water partition coefficient (Wildman–Crippen LogP) is 0.960. The molecule has 0 aliphatic rings. The minimum atomic E-state index is -0.631. The van der Waals surface area contributed by atoms with Crippen molar-refractivity contribution in [1.82, 2.24) is 10.2 Å². The smallest absolute Gasteiger partial charge is 0.238 e. The molecule has 0 saturated heterocycles. The maximum atomic E-state index is 11.5. The van der Waals surface area contributed by atoms with E-state index in [2.05, 4.69) is 31.0 Å². The predicted molar refractivity (Wildman–Crippen MR) is 68.3 cm³/mol. The molecule has 0 aromatic carbocycles. The van der Waals surface area contributed by atoms with E-state index in [0.29, 0.717) is 12.6 Å². The summed E-state index contributed by atoms with van der Waals surface area (Å²) in [6, 6.07) is 0.428. The van der Waals surface area contributed by atoms with Gasteiger partial charge in [0.25, 0.3) is 0 Å². The second-order valence-electron chi connectivity index (χ2n) is 4.79. The van der Waals surface area contributed by atoms with Crippen LogP contribution in [0.4, 0.5) is 0 Å². The zero-order valence-electron chi connectivity index (χ0n) is 11.3. The lowest BCUT2D eigenvalue weighted by Crippen LogP contribution is -2.60. The molecule has 0 heterocycles. The van der Waals surface area contributed by atoms with Gasteiger partial charge in [0, 0.05) is 12.6 Å². The van der Waals surface area contributed by atoms with Crippen LogP contribution in [0.3, 0.4) is 0 Å². The fraction of sp³-hybridized carbons (Fsp3) is 0.917. The average molecular weight is 229 g/mol. The molecule has 0 aliphatic heterocycles. The Balaban J connectivity index is 4.63. The van der Waals surface area contributed by atoms with Crippen LogP contribution in [0.25, 0.3) is 0 Å². The van der Waals surface area contributed by atoms with Gasteiger partial charge in [0.05, 0.1) is 0 Å². The molecule has 1 atom stereocenters. The number of nitrogens with one attached hydrogen (secondary N) is 1. The number of likely N-dealkylation sites (N-methyl/N-ethyl adjacent to an activating group) is 1. The van der Waals surface area contributed by atoms with Crippen molar-refractivity contribution in [2.75, 3.05) is 19.6 Å². The third-order valence-corrected chi connectivity index (χ3v) is 2.87. The van der Waals surface area contributed by atoms with Crippen LogP contribution in [0.2, 0.25) is 0 Å². The molecule has 3 N–H and O–H groups in total. The number of nitrogens with two attached hydrogens (primary N) is 1. The number of hydrogen-bond acceptors (Lipinski definition) is 3. The van der Waals surface area contributed by atoms with Gasteiger partial charge in [-0.1, -0.05) is 13.8 Å². The highest BCUT2D eigenvalue weighted by Gasteiger charge is 2.32. The standard InChI is InChI=1S/C12H27N3O/c1-6-8-15(10(3)4)9-12(5,11(13)16)14-7-2/h10,14H,6-9H2,1-5H3,(H2,13,16). The number of nitrogens with zero attached hydrogens (tertiary/aromatic N) is 1. The number of rotatable bonds is 8. The van der Waals surface area contributed by atoms with Crippen LogP contribution in [-0.2, 0) is 4.79 Å². The molecule has 4 heteroatoms. The van der Waals surface area contributed by atoms with Crippen molar-refractivity contribution < 1.29 is 4.79 Å². The first-order chi connectivity index (χ1) is 7.37. The molecule has 16 heavy (non-hydrogen) atoms. The summed E-state index contributed by atoms with van der Waals surface area (Å²) in [4.78, 5) is 13.8. The van der Waals surface area contributed by atoms with Crippen LogP contribution in [0.15, 0.2) is 0 Å². The van der Waals surface area contributed by atoms with Crippen molar-refractivity contribution in [2.24, 2.45) is 5.73 Å². The highest BCUT2D eigenvalue weighted by molar-refractivity contribution is 5.84. The second kappa shape index (κ2) is 6.86. The molecule has 0 bridgehead atoms. The second-order valence-corrected chi connectivity index (χ2v) is 4.79. The summed E-state index contributed by atoms with van der Waals surface area (Å²) in [5.74, 6) is -0.281. The summed E-state index contributed by atoms with van der Waals surface area (Å²) in [5.41, 5.74) is 4.84. The van der Waals surface area contributed by atoms with Gasteiger partial charge in [-0.05, 0) is 40.3 Å². The number of primary amides is 1. The molecule has 0 aliphatic carbocycles. The van der Waals surface area contributed by atoms with Gasteiger partial charge in [-0.15, -0.1) is 0 Å². The van der Waals surface area contributed by atoms with E-state index in [4.69, 9.17) is 5.73 Å². The van der Waals surface area contributed by atoms with E-state index in [-0.39, 0.29) is 5.91 Å². The third-order valence-electron chi connectivity index (χ3n) is 2.87. The Hall–Kier alpha value is -0.610. The number of hydrogen-bond donors (Lipinski definition) is 2. The zero-order valence-corrected chi connectivity index (χ0v) is 11.3. The van der Waals surface area contributed by atoms with Gasteiger partial charge < -0.3 is 11.1 Å². The first-order valence-corrected chi connectivity index (χ1v) is 6.16. The number of carbonyl (C=O) groups is 1. The summed E-state index contributed by atoms with van der Waals surface area (Å²) < 4.78 is 0. The van der Waals surface area contributed by atoms with Gasteiger partial charge in [0.15, 0.2) is 0 Å². The lowest BCUT2D eigenvalue weighted by atomic mass is 9.99. The van der Waals surface area contributed by atoms with E-state index < -0.39 is 5.54 Å². The molecule has 4 nitrogen and oxygen atoms in total. The monoisotopic (exact) mass is 229 g/mol. The van der Waals surface area contributed by atoms with Gasteiger partial charge in [-0.2, -0.15) is 0 Å². The van der Waals surface area contributed by atoms with Crippen LogP contribution < -0.4 is 11.1 Å². The Morgan fingerprint density at radius 3 is 2.31 bits per heavy atom. The van der Waals surface area contributed by atoms with Crippen LogP contribution in [0.5, 0.6) is 0 Å². The molecule has 0 fully saturated rings. The minimum absolute atomic E-state index is 0.281. The van der Waals surface area contributed by atoms with Gasteiger partial charge in [0.2, 0.25) is 5.91 Å². The summed E-state index contributed by atoms with van der Waals surface area (Å²) in [5, 5.41) is 3.19. The summed E-state index contributed by atoms with van der Waals surface area (Å²) in [6.07, 6.45) is 1.08. The van der Waals surface area contributed by atoms with E-state index in [1.165, 1.54) is 0 Å². The Labute approximate surface area is 99.6 Å². The van der Waals surface area contributed by atoms with Crippen molar-refractivity contribution in [3.63, 3.8) is 0 Å². The Morgan fingerprint density at radius 2 is 2.00 bits per heavy atom. The molecule has 0 aromatic rings. The first-order valence-electron chi connectivity index (χ1n) is 6.16. The van der Waals surface area contributed by atoms with Crippen molar-refractivity contribution in [2.45, 2.75) is 52.6 Å². The Bertz CT molecular complexity index is 218. The first kappa shape index (κ1) is 15.4. The lowest BCUT2D eigenvalue weighted by molar-refractivity contribution is -0.124. The van der Waals surface area contributed by atoms with Gasteiger partial charge in [-0.25, -0.2) is 0 Å². The van der Waals surface area contributed by atoms with Crippen molar-refractivity contribution >= 4 is 5.91 Å². The Kier molecular flexibility index (Phi) is 6.60. The highest BCUT2D eigenvalue weighted by Crippen LogP contribution is 2.10. The van der Waals surface area contributed by atoms with Gasteiger partial charge in [0.1, 0.15) is 5.54 Å². The maximum Gasteiger partial charge on any atom is 0.238 e. The van der Waals surface area contributed by atoms with Crippen LogP contribution in [0, 0.1) is 0 Å². The number of carbonyl (C=O) groups excluding carboxylic acids is 1. The minimum Gasteiger partial charge on any atom is -0.368 e. The third kappa shape index (κ3) is 4.49. The van der Waals surface area contributed by atoms with Gasteiger partial charge in [-0.3, -0.25) is 9.69 Å². The normalized spacial score (nSPS) is 15.4. The summed E-state index contributed by atoms with van der Waals surface area (Å²) >= 11 is 0. The highest BCUT2D eigenvalue weighted by atomic mass is 16.1. The lowest BCUT2D eigenvalue weighted by Gasteiger charge is -2.36. The molecule has 96 valence electrons. The Morgan fingerprint density at radius 1 is 1.44 bits per heavy atom. The van der Waals surface area contributed by atoms with Crippen molar-refractivity contribution in [3.8, 4) is 0 Å². The van der Waals surface area contributed by atoms with Crippen LogP contribution >= 0.6 is 0 Å². The molecule has 0 radical (unpaired) electrons. The van der Waals surface area contributed by atoms with Gasteiger partial charge >= 0.3 is 0 Å². The molecule has 1 amide bonds. The van der Waals surface area contributed by atoms with Crippen LogP contribution in [0.1, 0.15) is 41.0 Å². The van der Waals surface area contributed by atoms with Crippen LogP contribution in [-0.4, -0.2) is 42.0 Å². The van der Waals surface area contributed by atoms with Crippen molar-refractivity contribution in [3.05, 3.63) is 0 Å². The van der Waals surface area contributed by atoms with E-state index in [1.807, 2.05) is 13.8 Å². The maximum absolute atomic E-state index is 11.5. The fourth-order valence-corrected chi connectivity index (χ4v) is 1.82. The van der Waals surface area contributed by atoms with Crippen molar-refractivity contribution in [1.29, 1.82) is 0 Å². The molecular weight excluding hydrogens is 202 g/mol. The van der Waals surface area contributed by atoms with E-state index >= 15 is 0 Å². The topological polar surface area (TPSA) is 58.4 Å². The number of amides is 1. The molecule has 0 spiro atoms. The molecule has 0 saturated carbocycles. The fourth-order valence-electron chi connectivity index (χ4n) is 1.82. The molecule has 0 aromatic heterocycles. The average Bonchev–Trinajstić information content (AvgIpc) is 2.17. The summed E-state index contributed by atoms with van der Waals surface area (Å²) in [7, 11) is 0. The van der Waals surface area contributed by atoms with E-state index in [0.717, 1.165) is 19.5 Å². The zero-order chi connectivity index (χ0) is 12.8. The molecule has 1 unspecified atom stereocenters. The van der Waals surface area contributed by atoms with E-state index in [9.17, 15) is 4.79 Å². The summed E-state index contributed by atoms with van der Waals surface area (Å²) in [6.45, 7) is 12.7.